The summed E-state index contributed by atoms with van der Waals surface area (Å²) in [6.07, 6.45) is 0.885. The van der Waals surface area contributed by atoms with Gasteiger partial charge in [-0.05, 0) is 31.2 Å². The van der Waals surface area contributed by atoms with Crippen LogP contribution in [-0.2, 0) is 16.1 Å². The minimum atomic E-state index is -0.248. The number of benzene rings is 1. The summed E-state index contributed by atoms with van der Waals surface area (Å²) in [4.78, 5) is 11.1. The Bertz CT molecular complexity index is 436. The van der Waals surface area contributed by atoms with Crippen LogP contribution in [-0.4, -0.2) is 41.0 Å². The lowest BCUT2D eigenvalue weighted by Gasteiger charge is -2.16. The highest BCUT2D eigenvalue weighted by Gasteiger charge is 2.14. The Morgan fingerprint density at radius 1 is 1.14 bits per heavy atom. The smallest absolute Gasteiger partial charge is 0.305 e. The second kappa shape index (κ2) is 9.07. The van der Waals surface area contributed by atoms with E-state index in [-0.39, 0.29) is 5.97 Å². The highest BCUT2D eigenvalue weighted by Crippen LogP contribution is 2.38. The normalized spacial score (nSPS) is 10.1. The van der Waals surface area contributed by atoms with E-state index in [4.69, 9.17) is 14.2 Å². The molecule has 0 aromatic heterocycles. The van der Waals surface area contributed by atoms with Gasteiger partial charge in [0.25, 0.3) is 0 Å². The molecular weight excluding hydrogens is 274 g/mol. The second-order valence-electron chi connectivity index (χ2n) is 4.39. The van der Waals surface area contributed by atoms with Crippen molar-refractivity contribution >= 4 is 5.97 Å². The fourth-order valence-electron chi connectivity index (χ4n) is 1.88. The predicted octanol–water partition coefficient (Wildman–Crippen LogP) is 1.76. The fourth-order valence-corrected chi connectivity index (χ4v) is 1.88. The minimum absolute atomic E-state index is 0.248. The molecule has 1 aromatic rings. The quantitative estimate of drug-likeness (QED) is 0.553. The van der Waals surface area contributed by atoms with Gasteiger partial charge in [0, 0.05) is 13.0 Å². The number of carbonyl (C=O) groups is 1. The van der Waals surface area contributed by atoms with Crippen LogP contribution in [0.15, 0.2) is 12.1 Å². The molecule has 0 fully saturated rings. The van der Waals surface area contributed by atoms with Crippen LogP contribution in [0.5, 0.6) is 17.2 Å². The van der Waals surface area contributed by atoms with Crippen LogP contribution >= 0.6 is 0 Å². The first-order valence-corrected chi connectivity index (χ1v) is 6.75. The van der Waals surface area contributed by atoms with Crippen LogP contribution in [0.2, 0.25) is 0 Å². The van der Waals surface area contributed by atoms with Gasteiger partial charge in [0.05, 0.1) is 27.9 Å². The van der Waals surface area contributed by atoms with Gasteiger partial charge in [0.15, 0.2) is 11.5 Å². The van der Waals surface area contributed by atoms with Crippen LogP contribution in [0, 0.1) is 0 Å². The predicted molar refractivity (Wildman–Crippen MR) is 79.1 cm³/mol. The summed E-state index contributed by atoms with van der Waals surface area (Å²) in [6, 6.07) is 3.79. The first-order valence-electron chi connectivity index (χ1n) is 6.75. The monoisotopic (exact) mass is 297 g/mol. The molecule has 0 spiro atoms. The van der Waals surface area contributed by atoms with Crippen molar-refractivity contribution < 1.29 is 23.7 Å². The Labute approximate surface area is 125 Å². The van der Waals surface area contributed by atoms with Gasteiger partial charge in [-0.3, -0.25) is 4.79 Å². The number of ether oxygens (including phenoxy) is 4. The van der Waals surface area contributed by atoms with Gasteiger partial charge in [-0.25, -0.2) is 0 Å². The molecule has 0 aliphatic rings. The summed E-state index contributed by atoms with van der Waals surface area (Å²) in [7, 11) is 6.41. The van der Waals surface area contributed by atoms with E-state index >= 15 is 0 Å². The Kier molecular flexibility index (Phi) is 7.39. The summed E-state index contributed by atoms with van der Waals surface area (Å²) in [5.41, 5.74) is 1.04. The van der Waals surface area contributed by atoms with E-state index in [1.165, 1.54) is 7.11 Å². The number of methoxy groups -OCH3 is 3. The molecule has 0 amide bonds. The van der Waals surface area contributed by atoms with Crippen molar-refractivity contribution in [3.8, 4) is 17.2 Å². The van der Waals surface area contributed by atoms with E-state index in [9.17, 15) is 4.79 Å². The van der Waals surface area contributed by atoms with E-state index < -0.39 is 0 Å². The number of hydrogen-bond acceptors (Lipinski definition) is 6. The molecule has 0 aliphatic heterocycles. The van der Waals surface area contributed by atoms with Crippen molar-refractivity contribution in [1.29, 1.82) is 0 Å². The molecule has 1 N–H and O–H groups in total. The van der Waals surface area contributed by atoms with Crippen LogP contribution < -0.4 is 19.5 Å². The van der Waals surface area contributed by atoms with Gasteiger partial charge in [-0.1, -0.05) is 0 Å². The minimum Gasteiger partial charge on any atom is -0.493 e. The maximum absolute atomic E-state index is 11.1. The van der Waals surface area contributed by atoms with Gasteiger partial charge >= 0.3 is 5.97 Å². The lowest BCUT2D eigenvalue weighted by molar-refractivity contribution is -0.140. The summed E-state index contributed by atoms with van der Waals surface area (Å²) in [6.45, 7) is 1.09. The van der Waals surface area contributed by atoms with Crippen LogP contribution in [0.1, 0.15) is 18.4 Å². The number of rotatable bonds is 9. The zero-order chi connectivity index (χ0) is 15.7. The maximum Gasteiger partial charge on any atom is 0.305 e. The molecule has 6 nitrogen and oxygen atoms in total. The van der Waals surface area contributed by atoms with Crippen molar-refractivity contribution in [2.75, 3.05) is 35.0 Å². The van der Waals surface area contributed by atoms with Crippen LogP contribution in [0.25, 0.3) is 0 Å². The van der Waals surface area contributed by atoms with Gasteiger partial charge in [0.1, 0.15) is 0 Å². The number of hydrogen-bond donors (Lipinski definition) is 1. The highest BCUT2D eigenvalue weighted by atomic mass is 16.5. The number of nitrogens with one attached hydrogen (secondary N) is 1. The van der Waals surface area contributed by atoms with Crippen LogP contribution in [0.3, 0.4) is 0 Å². The average Bonchev–Trinajstić information content (AvgIpc) is 2.51. The van der Waals surface area contributed by atoms with Gasteiger partial charge in [-0.15, -0.1) is 0 Å². The molecular formula is C15H23NO5. The lowest BCUT2D eigenvalue weighted by Crippen LogP contribution is -2.08. The van der Waals surface area contributed by atoms with E-state index in [2.05, 4.69) is 10.1 Å². The molecule has 1 rings (SSSR count). The Morgan fingerprint density at radius 3 is 2.24 bits per heavy atom. The Morgan fingerprint density at radius 2 is 1.76 bits per heavy atom. The molecule has 0 saturated carbocycles. The molecule has 1 aromatic carbocycles. The van der Waals surface area contributed by atoms with Crippen molar-refractivity contribution in [1.82, 2.24) is 5.32 Å². The van der Waals surface area contributed by atoms with Gasteiger partial charge < -0.3 is 24.3 Å². The Balaban J connectivity index is 2.77. The number of carbonyl (C=O) groups excluding carboxylic acids is 1. The van der Waals surface area contributed by atoms with Crippen molar-refractivity contribution in [2.45, 2.75) is 19.4 Å². The topological polar surface area (TPSA) is 66.0 Å². The third-order valence-electron chi connectivity index (χ3n) is 2.90. The molecule has 0 unspecified atom stereocenters. The van der Waals surface area contributed by atoms with E-state index in [0.29, 0.717) is 43.2 Å². The van der Waals surface area contributed by atoms with Crippen molar-refractivity contribution in [2.24, 2.45) is 0 Å². The molecule has 0 bridgehead atoms. The van der Waals surface area contributed by atoms with Gasteiger partial charge in [0.2, 0.25) is 5.75 Å². The molecule has 118 valence electrons. The number of esters is 1. The second-order valence-corrected chi connectivity index (χ2v) is 4.39. The highest BCUT2D eigenvalue weighted by molar-refractivity contribution is 5.69. The lowest BCUT2D eigenvalue weighted by atomic mass is 10.2. The van der Waals surface area contributed by atoms with Crippen molar-refractivity contribution in [3.63, 3.8) is 0 Å². The third-order valence-corrected chi connectivity index (χ3v) is 2.90. The fraction of sp³-hybridized carbons (Fsp3) is 0.533. The van der Waals surface area contributed by atoms with E-state index in [1.807, 2.05) is 19.2 Å². The molecule has 0 heterocycles. The zero-order valence-electron chi connectivity index (χ0n) is 13.0. The third kappa shape index (κ3) is 5.15. The summed E-state index contributed by atoms with van der Waals surface area (Å²) >= 11 is 0. The first-order chi connectivity index (χ1) is 10.2. The molecule has 0 saturated heterocycles. The SMILES string of the molecule is CNCc1cc(OC)c(OCCCC(=O)OC)c(OC)c1. The van der Waals surface area contributed by atoms with E-state index in [0.717, 1.165) is 5.56 Å². The summed E-state index contributed by atoms with van der Waals surface area (Å²) < 4.78 is 21.0. The summed E-state index contributed by atoms with van der Waals surface area (Å²) in [5, 5.41) is 3.07. The Hall–Kier alpha value is -1.95. The molecule has 21 heavy (non-hydrogen) atoms. The van der Waals surface area contributed by atoms with E-state index in [1.54, 1.807) is 14.2 Å². The largest absolute Gasteiger partial charge is 0.493 e. The molecule has 0 aliphatic carbocycles. The standard InChI is InChI=1S/C15H23NO5/c1-16-10-11-8-12(18-2)15(13(9-11)19-3)21-7-5-6-14(17)20-4/h8-9,16H,5-7,10H2,1-4H3. The van der Waals surface area contributed by atoms with Crippen LogP contribution in [0.4, 0.5) is 0 Å². The zero-order valence-corrected chi connectivity index (χ0v) is 13.0. The van der Waals surface area contributed by atoms with Gasteiger partial charge in [-0.2, -0.15) is 0 Å². The first kappa shape index (κ1) is 17.1. The van der Waals surface area contributed by atoms with Crippen molar-refractivity contribution in [3.05, 3.63) is 17.7 Å². The average molecular weight is 297 g/mol. The molecule has 0 atom stereocenters. The molecule has 6 heteroatoms. The summed E-state index contributed by atoms with van der Waals surface area (Å²) in [5.74, 6) is 1.52. The maximum atomic E-state index is 11.1. The molecule has 0 radical (unpaired) electrons.